The largest absolute Gasteiger partial charge is 0.481 e. The van der Waals surface area contributed by atoms with E-state index in [0.717, 1.165) is 32.6 Å². The molecule has 0 radical (unpaired) electrons. The van der Waals surface area contributed by atoms with Gasteiger partial charge in [-0.1, -0.05) is 36.8 Å². The van der Waals surface area contributed by atoms with Gasteiger partial charge in [-0.3, -0.25) is 9.69 Å². The normalized spacial score (nSPS) is 21.1. The van der Waals surface area contributed by atoms with Gasteiger partial charge in [0, 0.05) is 26.2 Å². The van der Waals surface area contributed by atoms with Crippen LogP contribution in [0.2, 0.25) is 0 Å². The topological polar surface area (TPSA) is 49.8 Å². The molecule has 0 aromatic heterocycles. The molecule has 0 spiro atoms. The monoisotopic (exact) mass is 329 g/mol. The van der Waals surface area contributed by atoms with Crippen molar-refractivity contribution in [3.8, 4) is 0 Å². The van der Waals surface area contributed by atoms with E-state index < -0.39 is 5.97 Å². The van der Waals surface area contributed by atoms with Gasteiger partial charge >= 0.3 is 5.97 Å². The van der Waals surface area contributed by atoms with E-state index in [2.05, 4.69) is 36.1 Å². The Morgan fingerprint density at radius 3 is 2.88 bits per heavy atom. The van der Waals surface area contributed by atoms with Gasteiger partial charge in [0.1, 0.15) is 0 Å². The van der Waals surface area contributed by atoms with Crippen LogP contribution in [0, 0.1) is 11.8 Å². The lowest BCUT2D eigenvalue weighted by Gasteiger charge is -2.38. The van der Waals surface area contributed by atoms with Gasteiger partial charge < -0.3 is 9.84 Å². The number of carbonyl (C=O) groups is 1. The molecule has 4 heteroatoms. The maximum Gasteiger partial charge on any atom is 0.309 e. The van der Waals surface area contributed by atoms with Gasteiger partial charge in [-0.05, 0) is 42.4 Å². The predicted molar refractivity (Wildman–Crippen MR) is 95.0 cm³/mol. The fourth-order valence-corrected chi connectivity index (χ4v) is 3.58. The number of fused-ring (bicyclic) bond motifs is 1. The summed E-state index contributed by atoms with van der Waals surface area (Å²) in [6, 6.07) is 6.74. The Hall–Kier alpha value is -1.65. The van der Waals surface area contributed by atoms with Crippen molar-refractivity contribution >= 4 is 12.0 Å². The van der Waals surface area contributed by atoms with Gasteiger partial charge in [0.15, 0.2) is 0 Å². The Morgan fingerprint density at radius 2 is 2.17 bits per heavy atom. The second-order valence-corrected chi connectivity index (χ2v) is 7.03. The average molecular weight is 329 g/mol. The molecule has 1 aromatic rings. The Morgan fingerprint density at radius 1 is 1.38 bits per heavy atom. The molecule has 0 unspecified atom stereocenters. The minimum atomic E-state index is -0.665. The lowest BCUT2D eigenvalue weighted by atomic mass is 9.83. The third-order valence-electron chi connectivity index (χ3n) is 5.16. The number of hydrogen-bond donors (Lipinski definition) is 1. The van der Waals surface area contributed by atoms with Crippen molar-refractivity contribution in [1.29, 1.82) is 0 Å². The summed E-state index contributed by atoms with van der Waals surface area (Å²) in [5, 5.41) is 8.99. The average Bonchev–Trinajstić information content (AvgIpc) is 2.50. The summed E-state index contributed by atoms with van der Waals surface area (Å²) in [5.41, 5.74) is 5.51. The van der Waals surface area contributed by atoms with Crippen LogP contribution in [0.3, 0.4) is 0 Å². The Bertz CT molecular complexity index is 632. The number of nitrogens with zero attached hydrogens (tertiary/aromatic N) is 1. The minimum Gasteiger partial charge on any atom is -0.481 e. The molecule has 0 amide bonds. The van der Waals surface area contributed by atoms with Crippen LogP contribution < -0.4 is 0 Å². The quantitative estimate of drug-likeness (QED) is 0.782. The highest BCUT2D eigenvalue weighted by Crippen LogP contribution is 2.31. The van der Waals surface area contributed by atoms with Crippen molar-refractivity contribution in [2.75, 3.05) is 32.8 Å². The maximum atomic E-state index is 10.9. The molecule has 1 aliphatic carbocycles. The second-order valence-electron chi connectivity index (χ2n) is 7.03. The molecule has 0 bridgehead atoms. The molecular formula is C20H27NO3. The number of carboxylic acid groups (broad SMARTS) is 1. The molecule has 3 rings (SSSR count). The number of rotatable bonds is 7. The zero-order chi connectivity index (χ0) is 17.1. The van der Waals surface area contributed by atoms with Crippen molar-refractivity contribution in [3.05, 3.63) is 40.5 Å². The summed E-state index contributed by atoms with van der Waals surface area (Å²) < 4.78 is 5.45. The first kappa shape index (κ1) is 17.2. The van der Waals surface area contributed by atoms with Crippen LogP contribution in [-0.2, 0) is 22.4 Å². The van der Waals surface area contributed by atoms with Crippen molar-refractivity contribution in [2.45, 2.75) is 26.7 Å². The lowest BCUT2D eigenvalue weighted by Crippen LogP contribution is -2.51. The van der Waals surface area contributed by atoms with Crippen molar-refractivity contribution in [3.63, 3.8) is 0 Å². The molecule has 1 aromatic carbocycles. The zero-order valence-corrected chi connectivity index (χ0v) is 14.6. The van der Waals surface area contributed by atoms with Gasteiger partial charge in [0.25, 0.3) is 0 Å². The number of benzene rings is 1. The molecule has 1 atom stereocenters. The summed E-state index contributed by atoms with van der Waals surface area (Å²) >= 11 is 0. The van der Waals surface area contributed by atoms with Crippen LogP contribution in [0.4, 0.5) is 0 Å². The molecule has 130 valence electrons. The first-order chi connectivity index (χ1) is 11.6. The van der Waals surface area contributed by atoms with E-state index in [9.17, 15) is 4.79 Å². The van der Waals surface area contributed by atoms with E-state index in [0.29, 0.717) is 19.0 Å². The van der Waals surface area contributed by atoms with Crippen LogP contribution >= 0.6 is 0 Å². The second kappa shape index (κ2) is 7.49. The van der Waals surface area contributed by atoms with Crippen LogP contribution in [0.5, 0.6) is 0 Å². The number of hydrogen-bond acceptors (Lipinski definition) is 3. The van der Waals surface area contributed by atoms with Crippen LogP contribution in [0.15, 0.2) is 23.8 Å². The number of likely N-dealkylation sites (tertiary alicyclic amines) is 1. The fourth-order valence-electron chi connectivity index (χ4n) is 3.58. The molecule has 0 saturated carbocycles. The smallest absolute Gasteiger partial charge is 0.309 e. The third-order valence-corrected chi connectivity index (χ3v) is 5.16. The van der Waals surface area contributed by atoms with Crippen molar-refractivity contribution < 1.29 is 14.6 Å². The molecule has 24 heavy (non-hydrogen) atoms. The first-order valence-corrected chi connectivity index (χ1v) is 8.92. The molecule has 1 N–H and O–H groups in total. The van der Waals surface area contributed by atoms with Gasteiger partial charge in [-0.15, -0.1) is 0 Å². The van der Waals surface area contributed by atoms with Gasteiger partial charge in [0.2, 0.25) is 0 Å². The highest BCUT2D eigenvalue weighted by atomic mass is 16.5. The highest BCUT2D eigenvalue weighted by molar-refractivity contribution is 5.71. The Balaban J connectivity index is 1.63. The predicted octanol–water partition coefficient (Wildman–Crippen LogP) is 2.86. The number of carboxylic acids is 1. The molecule has 1 fully saturated rings. The standard InChI is InChI=1S/C20H27NO3/c1-3-24-7-6-15-4-5-16-10-18(14(2)8-17(16)9-15)11-21-12-19(13-21)20(22)23/h4-5,9-10,14,19H,3,6-8,11-13H2,1-2H3,(H,22,23)/t14-/m0/s1. The summed E-state index contributed by atoms with van der Waals surface area (Å²) in [6.45, 7) is 8.12. The molecule has 1 saturated heterocycles. The van der Waals surface area contributed by atoms with E-state index in [1.54, 1.807) is 0 Å². The van der Waals surface area contributed by atoms with Crippen LogP contribution in [-0.4, -0.2) is 48.8 Å². The number of ether oxygens (including phenoxy) is 1. The molecule has 1 heterocycles. The van der Waals surface area contributed by atoms with E-state index >= 15 is 0 Å². The fraction of sp³-hybridized carbons (Fsp3) is 0.550. The summed E-state index contributed by atoms with van der Waals surface area (Å²) in [6.07, 6.45) is 4.35. The van der Waals surface area contributed by atoms with Crippen LogP contribution in [0.1, 0.15) is 30.5 Å². The summed E-state index contributed by atoms with van der Waals surface area (Å²) in [7, 11) is 0. The van der Waals surface area contributed by atoms with Gasteiger partial charge in [-0.25, -0.2) is 0 Å². The molecular weight excluding hydrogens is 302 g/mol. The third kappa shape index (κ3) is 3.87. The zero-order valence-electron chi connectivity index (χ0n) is 14.6. The van der Waals surface area contributed by atoms with Crippen molar-refractivity contribution in [2.24, 2.45) is 11.8 Å². The molecule has 4 nitrogen and oxygen atoms in total. The van der Waals surface area contributed by atoms with Crippen LogP contribution in [0.25, 0.3) is 6.08 Å². The lowest BCUT2D eigenvalue weighted by molar-refractivity contribution is -0.147. The maximum absolute atomic E-state index is 10.9. The van der Waals surface area contributed by atoms with Gasteiger partial charge in [0.05, 0.1) is 12.5 Å². The number of aliphatic carboxylic acids is 1. The SMILES string of the molecule is CCOCCc1ccc2c(c1)C[C@H](C)C(CN1CC(C(=O)O)C1)=C2. The van der Waals surface area contributed by atoms with Crippen molar-refractivity contribution in [1.82, 2.24) is 4.90 Å². The van der Waals surface area contributed by atoms with E-state index in [1.807, 2.05) is 6.92 Å². The Labute approximate surface area is 144 Å². The summed E-state index contributed by atoms with van der Waals surface area (Å²) in [4.78, 5) is 13.2. The van der Waals surface area contributed by atoms with Gasteiger partial charge in [-0.2, -0.15) is 0 Å². The van der Waals surface area contributed by atoms with E-state index in [-0.39, 0.29) is 5.92 Å². The summed E-state index contributed by atoms with van der Waals surface area (Å²) in [5.74, 6) is -0.324. The van der Waals surface area contributed by atoms with E-state index in [4.69, 9.17) is 9.84 Å². The minimum absolute atomic E-state index is 0.176. The first-order valence-electron chi connectivity index (χ1n) is 8.92. The Kier molecular flexibility index (Phi) is 5.36. The molecule has 1 aliphatic heterocycles. The van der Waals surface area contributed by atoms with E-state index in [1.165, 1.54) is 22.3 Å². The molecule has 2 aliphatic rings. The highest BCUT2D eigenvalue weighted by Gasteiger charge is 2.33.